The number of hydrogen-bond acceptors (Lipinski definition) is 4. The summed E-state index contributed by atoms with van der Waals surface area (Å²) in [6.07, 6.45) is 12.1. The lowest BCUT2D eigenvalue weighted by molar-refractivity contribution is 0.260. The van der Waals surface area contributed by atoms with Gasteiger partial charge in [-0.3, -0.25) is 0 Å². The third kappa shape index (κ3) is 5.24. The van der Waals surface area contributed by atoms with Crippen molar-refractivity contribution in [1.82, 2.24) is 0 Å². The van der Waals surface area contributed by atoms with Gasteiger partial charge in [-0.25, -0.2) is 0 Å². The monoisotopic (exact) mass is 460 g/mol. The molecule has 0 aromatic heterocycles. The third-order valence-corrected chi connectivity index (χ3v) is 7.32. The molecule has 2 heterocycles. The second kappa shape index (κ2) is 10.4. The fraction of sp³-hybridized carbons (Fsp3) is 0.467. The Morgan fingerprint density at radius 2 is 1.24 bits per heavy atom. The third-order valence-electron chi connectivity index (χ3n) is 7.32. The first-order valence-corrected chi connectivity index (χ1v) is 12.7. The zero-order chi connectivity index (χ0) is 23.4. The first-order valence-electron chi connectivity index (χ1n) is 12.7. The van der Waals surface area contributed by atoms with Crippen LogP contribution in [0.5, 0.6) is 11.5 Å². The van der Waals surface area contributed by atoms with Crippen LogP contribution in [0.1, 0.15) is 54.4 Å². The summed E-state index contributed by atoms with van der Waals surface area (Å²) in [5.41, 5.74) is 5.16. The molecule has 180 valence electrons. The normalized spacial score (nSPS) is 22.6. The summed E-state index contributed by atoms with van der Waals surface area (Å²) in [6, 6.07) is 13.6. The average molecular weight is 461 g/mol. The van der Waals surface area contributed by atoms with E-state index in [0.717, 1.165) is 50.4 Å². The van der Waals surface area contributed by atoms with E-state index in [2.05, 4.69) is 49.6 Å². The fourth-order valence-electron chi connectivity index (χ4n) is 5.26. The second-order valence-corrected chi connectivity index (χ2v) is 9.81. The van der Waals surface area contributed by atoms with Gasteiger partial charge < -0.3 is 18.9 Å². The van der Waals surface area contributed by atoms with E-state index >= 15 is 0 Å². The van der Waals surface area contributed by atoms with E-state index in [1.54, 1.807) is 0 Å². The highest BCUT2D eigenvalue weighted by Gasteiger charge is 2.37. The first kappa shape index (κ1) is 23.2. The smallest absolute Gasteiger partial charge is 0.122 e. The molecule has 1 aliphatic carbocycles. The maximum Gasteiger partial charge on any atom is 0.122 e. The van der Waals surface area contributed by atoms with Crippen LogP contribution in [-0.4, -0.2) is 38.6 Å². The molecule has 2 unspecified atom stereocenters. The zero-order valence-electron chi connectivity index (χ0n) is 20.1. The molecular weight excluding hydrogens is 424 g/mol. The van der Waals surface area contributed by atoms with Gasteiger partial charge in [0.2, 0.25) is 0 Å². The van der Waals surface area contributed by atoms with Crippen LogP contribution in [0, 0.1) is 0 Å². The van der Waals surface area contributed by atoms with Gasteiger partial charge in [0, 0.05) is 5.41 Å². The molecule has 34 heavy (non-hydrogen) atoms. The van der Waals surface area contributed by atoms with Gasteiger partial charge in [0.1, 0.15) is 36.9 Å². The molecule has 2 atom stereocenters. The zero-order valence-corrected chi connectivity index (χ0v) is 20.1. The molecule has 2 saturated heterocycles. The van der Waals surface area contributed by atoms with Crippen LogP contribution in [-0.2, 0) is 27.7 Å². The number of rotatable bonds is 12. The van der Waals surface area contributed by atoms with E-state index in [4.69, 9.17) is 18.9 Å². The van der Waals surface area contributed by atoms with Crippen LogP contribution in [0.4, 0.5) is 0 Å². The van der Waals surface area contributed by atoms with Crippen molar-refractivity contribution < 1.29 is 18.9 Å². The lowest BCUT2D eigenvalue weighted by Crippen LogP contribution is -2.31. The molecule has 0 bridgehead atoms. The van der Waals surface area contributed by atoms with E-state index in [0.29, 0.717) is 13.2 Å². The Morgan fingerprint density at radius 3 is 1.65 bits per heavy atom. The van der Waals surface area contributed by atoms with E-state index in [9.17, 15) is 0 Å². The van der Waals surface area contributed by atoms with Crippen molar-refractivity contribution in [2.75, 3.05) is 26.4 Å². The van der Waals surface area contributed by atoms with Gasteiger partial charge in [0.25, 0.3) is 0 Å². The molecule has 2 aromatic carbocycles. The van der Waals surface area contributed by atoms with Crippen LogP contribution in [0.15, 0.2) is 61.7 Å². The van der Waals surface area contributed by atoms with Gasteiger partial charge in [-0.2, -0.15) is 0 Å². The minimum atomic E-state index is 0.000354. The van der Waals surface area contributed by atoms with Gasteiger partial charge in [-0.05, 0) is 60.1 Å². The number of epoxide rings is 2. The molecule has 3 aliphatic rings. The summed E-state index contributed by atoms with van der Waals surface area (Å²) in [4.78, 5) is 0. The van der Waals surface area contributed by atoms with E-state index in [-0.39, 0.29) is 17.6 Å². The standard InChI is InChI=1S/C30H36O4/c1-3-8-22-16-24(10-12-28(22)33-20-26-18-31-26)30(14-6-5-7-15-30)25-11-13-29(23(17-25)9-4-2)34-21-27-19-32-27/h3-4,10-13,16-17,26-27H,1-2,5-9,14-15,18-21H2. The number of benzene rings is 2. The Balaban J connectivity index is 1.49. The molecule has 1 saturated carbocycles. The van der Waals surface area contributed by atoms with E-state index < -0.39 is 0 Å². The highest BCUT2D eigenvalue weighted by molar-refractivity contribution is 5.49. The number of ether oxygens (including phenoxy) is 4. The van der Waals surface area contributed by atoms with Crippen molar-refractivity contribution in [3.05, 3.63) is 84.0 Å². The first-order chi connectivity index (χ1) is 16.7. The van der Waals surface area contributed by atoms with Gasteiger partial charge in [0.05, 0.1) is 13.2 Å². The molecule has 2 aromatic rings. The minimum absolute atomic E-state index is 0.000354. The Morgan fingerprint density at radius 1 is 0.765 bits per heavy atom. The maximum atomic E-state index is 6.10. The molecule has 0 radical (unpaired) electrons. The van der Waals surface area contributed by atoms with Crippen LogP contribution in [0.25, 0.3) is 0 Å². The van der Waals surface area contributed by atoms with Crippen LogP contribution < -0.4 is 9.47 Å². The van der Waals surface area contributed by atoms with Gasteiger partial charge in [0.15, 0.2) is 0 Å². The number of hydrogen-bond donors (Lipinski definition) is 0. The van der Waals surface area contributed by atoms with Gasteiger partial charge in [-0.15, -0.1) is 13.2 Å². The molecule has 0 spiro atoms. The topological polar surface area (TPSA) is 43.5 Å². The molecular formula is C30H36O4. The Hall–Kier alpha value is -2.56. The second-order valence-electron chi connectivity index (χ2n) is 9.81. The van der Waals surface area contributed by atoms with Crippen LogP contribution >= 0.6 is 0 Å². The number of allylic oxidation sites excluding steroid dienone is 2. The van der Waals surface area contributed by atoms with Crippen molar-refractivity contribution in [3.63, 3.8) is 0 Å². The van der Waals surface area contributed by atoms with Crippen LogP contribution in [0.2, 0.25) is 0 Å². The Kier molecular flexibility index (Phi) is 7.07. The van der Waals surface area contributed by atoms with Crippen molar-refractivity contribution >= 4 is 0 Å². The SMILES string of the molecule is C=CCc1cc(C2(c3ccc(OCC4CO4)c(CC=C)c3)CCCCC2)ccc1OCC1CO1. The van der Waals surface area contributed by atoms with E-state index in [1.165, 1.54) is 41.5 Å². The molecule has 4 nitrogen and oxygen atoms in total. The molecule has 0 amide bonds. The predicted octanol–water partition coefficient (Wildman–Crippen LogP) is 5.95. The molecule has 0 N–H and O–H groups in total. The van der Waals surface area contributed by atoms with Crippen molar-refractivity contribution in [3.8, 4) is 11.5 Å². The molecule has 2 aliphatic heterocycles. The van der Waals surface area contributed by atoms with Gasteiger partial charge in [-0.1, -0.05) is 55.7 Å². The summed E-state index contributed by atoms with van der Waals surface area (Å²) < 4.78 is 22.9. The summed E-state index contributed by atoms with van der Waals surface area (Å²) in [6.45, 7) is 10.8. The lowest BCUT2D eigenvalue weighted by atomic mass is 9.65. The van der Waals surface area contributed by atoms with Crippen molar-refractivity contribution in [1.29, 1.82) is 0 Å². The molecule has 3 fully saturated rings. The minimum Gasteiger partial charge on any atom is -0.490 e. The lowest BCUT2D eigenvalue weighted by Gasteiger charge is -2.39. The summed E-state index contributed by atoms with van der Waals surface area (Å²) in [5.74, 6) is 1.90. The molecule has 5 rings (SSSR count). The fourth-order valence-corrected chi connectivity index (χ4v) is 5.26. The van der Waals surface area contributed by atoms with E-state index in [1.807, 2.05) is 12.2 Å². The average Bonchev–Trinajstić information content (AvgIpc) is 3.79. The molecule has 4 heteroatoms. The summed E-state index contributed by atoms with van der Waals surface area (Å²) in [5, 5.41) is 0. The van der Waals surface area contributed by atoms with Crippen LogP contribution in [0.3, 0.4) is 0 Å². The maximum absolute atomic E-state index is 6.10. The van der Waals surface area contributed by atoms with Crippen molar-refractivity contribution in [2.45, 2.75) is 62.6 Å². The summed E-state index contributed by atoms with van der Waals surface area (Å²) >= 11 is 0. The quantitative estimate of drug-likeness (QED) is 0.290. The summed E-state index contributed by atoms with van der Waals surface area (Å²) in [7, 11) is 0. The predicted molar refractivity (Wildman–Crippen MR) is 135 cm³/mol. The Labute approximate surface area is 203 Å². The van der Waals surface area contributed by atoms with Gasteiger partial charge >= 0.3 is 0 Å². The highest BCUT2D eigenvalue weighted by Crippen LogP contribution is 2.47. The highest BCUT2D eigenvalue weighted by atomic mass is 16.6. The largest absolute Gasteiger partial charge is 0.490 e. The van der Waals surface area contributed by atoms with Crippen molar-refractivity contribution in [2.24, 2.45) is 0 Å². The Bertz CT molecular complexity index is 937.